The van der Waals surface area contributed by atoms with Crippen molar-refractivity contribution < 1.29 is 5.11 Å². The number of rotatable bonds is 4. The molecule has 0 aromatic heterocycles. The Bertz CT molecular complexity index is 361. The molecule has 1 aromatic carbocycles. The third-order valence-electron chi connectivity index (χ3n) is 2.32. The highest BCUT2D eigenvalue weighted by molar-refractivity contribution is 9.10. The van der Waals surface area contributed by atoms with Gasteiger partial charge in [-0.05, 0) is 31.5 Å². The largest absolute Gasteiger partial charge is 0.389 e. The molecule has 0 fully saturated rings. The molecule has 0 atom stereocenters. The minimum atomic E-state index is -0.701. The van der Waals surface area contributed by atoms with Crippen molar-refractivity contribution in [2.45, 2.75) is 26.0 Å². The topological polar surface area (TPSA) is 49.5 Å². The van der Waals surface area contributed by atoms with Crippen LogP contribution in [-0.2, 0) is 6.54 Å². The van der Waals surface area contributed by atoms with Crippen LogP contribution in [-0.4, -0.2) is 24.3 Å². The van der Waals surface area contributed by atoms with Gasteiger partial charge < -0.3 is 15.7 Å². The predicted octanol–water partition coefficient (Wildman–Crippen LogP) is 2.11. The first-order chi connectivity index (χ1) is 7.33. The fourth-order valence-corrected chi connectivity index (χ4v) is 2.14. The fraction of sp³-hybridized carbons (Fsp3) is 0.500. The van der Waals surface area contributed by atoms with Gasteiger partial charge in [-0.2, -0.15) is 0 Å². The van der Waals surface area contributed by atoms with Gasteiger partial charge in [0.15, 0.2) is 0 Å². The molecule has 0 aliphatic heterocycles. The van der Waals surface area contributed by atoms with Gasteiger partial charge in [0.1, 0.15) is 0 Å². The zero-order chi connectivity index (χ0) is 12.3. The molecular formula is C12H19BrN2O. The highest BCUT2D eigenvalue weighted by atomic mass is 79.9. The average molecular weight is 287 g/mol. The van der Waals surface area contributed by atoms with Crippen LogP contribution < -0.4 is 10.6 Å². The zero-order valence-electron chi connectivity index (χ0n) is 10.00. The van der Waals surface area contributed by atoms with Crippen LogP contribution in [0.15, 0.2) is 22.7 Å². The molecule has 0 unspecified atom stereocenters. The number of hydrogen-bond donors (Lipinski definition) is 2. The number of likely N-dealkylation sites (N-methyl/N-ethyl adjacent to an activating group) is 1. The van der Waals surface area contributed by atoms with Crippen LogP contribution >= 0.6 is 15.9 Å². The third-order valence-corrected chi connectivity index (χ3v) is 3.06. The van der Waals surface area contributed by atoms with Crippen molar-refractivity contribution in [2.24, 2.45) is 5.73 Å². The Morgan fingerprint density at radius 2 is 2.06 bits per heavy atom. The van der Waals surface area contributed by atoms with Crippen LogP contribution in [0.4, 0.5) is 5.69 Å². The van der Waals surface area contributed by atoms with Crippen LogP contribution in [0.1, 0.15) is 19.4 Å². The number of anilines is 1. The Hall–Kier alpha value is -0.580. The lowest BCUT2D eigenvalue weighted by atomic mass is 10.1. The summed E-state index contributed by atoms with van der Waals surface area (Å²) in [5.41, 5.74) is 7.04. The first kappa shape index (κ1) is 13.5. The van der Waals surface area contributed by atoms with Crippen molar-refractivity contribution in [3.63, 3.8) is 0 Å². The molecule has 1 aromatic rings. The van der Waals surface area contributed by atoms with E-state index in [1.54, 1.807) is 13.8 Å². The van der Waals surface area contributed by atoms with Crippen LogP contribution in [0.5, 0.6) is 0 Å². The molecule has 16 heavy (non-hydrogen) atoms. The average Bonchev–Trinajstić information content (AvgIpc) is 2.15. The van der Waals surface area contributed by atoms with Gasteiger partial charge in [-0.15, -0.1) is 0 Å². The zero-order valence-corrected chi connectivity index (χ0v) is 11.6. The summed E-state index contributed by atoms with van der Waals surface area (Å²) in [6, 6.07) is 6.03. The molecular weight excluding hydrogens is 268 g/mol. The van der Waals surface area contributed by atoms with E-state index in [1.165, 1.54) is 0 Å². The van der Waals surface area contributed by atoms with Crippen molar-refractivity contribution >= 4 is 21.6 Å². The van der Waals surface area contributed by atoms with Crippen LogP contribution in [0.2, 0.25) is 0 Å². The molecule has 0 saturated carbocycles. The quantitative estimate of drug-likeness (QED) is 0.891. The Morgan fingerprint density at radius 1 is 1.44 bits per heavy atom. The van der Waals surface area contributed by atoms with E-state index in [-0.39, 0.29) is 0 Å². The molecule has 3 N–H and O–H groups in total. The number of benzene rings is 1. The second-order valence-electron chi connectivity index (χ2n) is 4.65. The van der Waals surface area contributed by atoms with Gasteiger partial charge in [-0.25, -0.2) is 0 Å². The molecule has 0 spiro atoms. The molecule has 0 heterocycles. The van der Waals surface area contributed by atoms with E-state index in [0.717, 1.165) is 15.7 Å². The van der Waals surface area contributed by atoms with Crippen LogP contribution in [0.25, 0.3) is 0 Å². The molecule has 0 amide bonds. The molecule has 0 aliphatic rings. The summed E-state index contributed by atoms with van der Waals surface area (Å²) in [4.78, 5) is 2.02. The summed E-state index contributed by atoms with van der Waals surface area (Å²) in [5.74, 6) is 0. The molecule has 3 nitrogen and oxygen atoms in total. The molecule has 90 valence electrons. The first-order valence-corrected chi connectivity index (χ1v) is 6.05. The van der Waals surface area contributed by atoms with Crippen molar-refractivity contribution in [3.05, 3.63) is 28.2 Å². The van der Waals surface area contributed by atoms with Crippen molar-refractivity contribution in [1.82, 2.24) is 0 Å². The fourth-order valence-electron chi connectivity index (χ4n) is 1.61. The smallest absolute Gasteiger partial charge is 0.0765 e. The van der Waals surface area contributed by atoms with Gasteiger partial charge in [0, 0.05) is 30.3 Å². The summed E-state index contributed by atoms with van der Waals surface area (Å²) in [7, 11) is 1.96. The molecule has 1 rings (SSSR count). The number of nitrogens with two attached hydrogens (primary N) is 1. The summed E-state index contributed by atoms with van der Waals surface area (Å²) in [6.45, 7) is 4.71. The maximum atomic E-state index is 9.75. The minimum absolute atomic E-state index is 0.524. The van der Waals surface area contributed by atoms with E-state index in [4.69, 9.17) is 5.73 Å². The van der Waals surface area contributed by atoms with Crippen molar-refractivity contribution in [3.8, 4) is 0 Å². The van der Waals surface area contributed by atoms with Crippen molar-refractivity contribution in [1.29, 1.82) is 0 Å². The number of halogens is 1. The Balaban J connectivity index is 2.85. The van der Waals surface area contributed by atoms with E-state index in [2.05, 4.69) is 15.9 Å². The molecule has 0 bridgehead atoms. The predicted molar refractivity (Wildman–Crippen MR) is 71.6 cm³/mol. The van der Waals surface area contributed by atoms with E-state index in [1.807, 2.05) is 30.1 Å². The lowest BCUT2D eigenvalue weighted by Crippen LogP contribution is -2.36. The number of aliphatic hydroxyl groups is 1. The second-order valence-corrected chi connectivity index (χ2v) is 5.50. The number of hydrogen-bond acceptors (Lipinski definition) is 3. The van der Waals surface area contributed by atoms with Gasteiger partial charge >= 0.3 is 0 Å². The van der Waals surface area contributed by atoms with Crippen LogP contribution in [0, 0.1) is 0 Å². The summed E-state index contributed by atoms with van der Waals surface area (Å²) < 4.78 is 1.01. The lowest BCUT2D eigenvalue weighted by Gasteiger charge is -2.27. The van der Waals surface area contributed by atoms with Gasteiger partial charge in [0.05, 0.1) is 5.60 Å². The Morgan fingerprint density at radius 3 is 2.50 bits per heavy atom. The maximum absolute atomic E-state index is 9.75. The van der Waals surface area contributed by atoms with E-state index in [0.29, 0.717) is 13.1 Å². The molecule has 0 saturated heterocycles. The van der Waals surface area contributed by atoms with Crippen molar-refractivity contribution in [2.75, 3.05) is 18.5 Å². The lowest BCUT2D eigenvalue weighted by molar-refractivity contribution is 0.0886. The monoisotopic (exact) mass is 286 g/mol. The van der Waals surface area contributed by atoms with Gasteiger partial charge in [-0.3, -0.25) is 0 Å². The Kier molecular flexibility index (Phi) is 4.35. The standard InChI is InChI=1S/C12H19BrN2O/c1-12(2,16)8-15(3)10-5-4-9(7-14)11(13)6-10/h4-6,16H,7-8,14H2,1-3H3. The molecule has 0 radical (unpaired) electrons. The van der Waals surface area contributed by atoms with Gasteiger partial charge in [0.2, 0.25) is 0 Å². The Labute approximate surface area is 105 Å². The first-order valence-electron chi connectivity index (χ1n) is 5.25. The van der Waals surface area contributed by atoms with E-state index < -0.39 is 5.60 Å². The van der Waals surface area contributed by atoms with Gasteiger partial charge in [-0.1, -0.05) is 22.0 Å². The highest BCUT2D eigenvalue weighted by Crippen LogP contribution is 2.24. The van der Waals surface area contributed by atoms with Gasteiger partial charge in [0.25, 0.3) is 0 Å². The van der Waals surface area contributed by atoms with Crippen LogP contribution in [0.3, 0.4) is 0 Å². The van der Waals surface area contributed by atoms with E-state index in [9.17, 15) is 5.11 Å². The van der Waals surface area contributed by atoms with E-state index >= 15 is 0 Å². The highest BCUT2D eigenvalue weighted by Gasteiger charge is 2.16. The number of nitrogens with zero attached hydrogens (tertiary/aromatic N) is 1. The third kappa shape index (κ3) is 3.77. The maximum Gasteiger partial charge on any atom is 0.0765 e. The minimum Gasteiger partial charge on any atom is -0.389 e. The molecule has 4 heteroatoms. The molecule has 0 aliphatic carbocycles. The SMILES string of the molecule is CN(CC(C)(C)O)c1ccc(CN)c(Br)c1. The summed E-state index contributed by atoms with van der Waals surface area (Å²) in [5, 5.41) is 9.75. The summed E-state index contributed by atoms with van der Waals surface area (Å²) in [6.07, 6.45) is 0. The second kappa shape index (κ2) is 5.17. The summed E-state index contributed by atoms with van der Waals surface area (Å²) >= 11 is 3.49. The normalized spacial score (nSPS) is 11.6.